The van der Waals surface area contributed by atoms with Crippen molar-refractivity contribution >= 4 is 5.97 Å². The van der Waals surface area contributed by atoms with Crippen LogP contribution >= 0.6 is 0 Å². The van der Waals surface area contributed by atoms with Crippen molar-refractivity contribution in [2.24, 2.45) is 0 Å². The molecule has 2 N–H and O–H groups in total. The standard InChI is InChI=1S/C14H21NO4/c1-10-13(14(17)18)8-12(19-10)9-15(6-7-16)11-4-2-3-5-11/h8,11,16H,2-7,9H2,1H3,(H,17,18). The van der Waals surface area contributed by atoms with E-state index in [1.807, 2.05) is 0 Å². The van der Waals surface area contributed by atoms with Crippen molar-refractivity contribution in [3.63, 3.8) is 0 Å². The lowest BCUT2D eigenvalue weighted by Gasteiger charge is -2.26. The number of aryl methyl sites for hydroxylation is 1. The Morgan fingerprint density at radius 1 is 1.47 bits per heavy atom. The van der Waals surface area contributed by atoms with Gasteiger partial charge in [-0.15, -0.1) is 0 Å². The minimum atomic E-state index is -0.956. The van der Waals surface area contributed by atoms with Crippen LogP contribution in [0, 0.1) is 6.92 Å². The van der Waals surface area contributed by atoms with E-state index in [0.717, 1.165) is 12.8 Å². The Morgan fingerprint density at radius 3 is 2.68 bits per heavy atom. The summed E-state index contributed by atoms with van der Waals surface area (Å²) in [5.41, 5.74) is 0.227. The third-order valence-electron chi connectivity index (χ3n) is 3.79. The smallest absolute Gasteiger partial charge is 0.339 e. The molecule has 106 valence electrons. The predicted molar refractivity (Wildman–Crippen MR) is 70.2 cm³/mol. The average Bonchev–Trinajstić information content (AvgIpc) is 2.97. The van der Waals surface area contributed by atoms with Gasteiger partial charge in [0.25, 0.3) is 0 Å². The summed E-state index contributed by atoms with van der Waals surface area (Å²) in [6.45, 7) is 2.95. The van der Waals surface area contributed by atoms with Gasteiger partial charge >= 0.3 is 5.97 Å². The normalized spacial score (nSPS) is 16.4. The Hall–Kier alpha value is -1.33. The maximum absolute atomic E-state index is 11.0. The van der Waals surface area contributed by atoms with Crippen molar-refractivity contribution in [3.05, 3.63) is 23.2 Å². The second-order valence-corrected chi connectivity index (χ2v) is 5.12. The number of carboxylic acids is 1. The zero-order valence-corrected chi connectivity index (χ0v) is 11.3. The third kappa shape index (κ3) is 3.36. The first-order chi connectivity index (χ1) is 9.11. The van der Waals surface area contributed by atoms with Gasteiger partial charge in [-0.2, -0.15) is 0 Å². The Labute approximate surface area is 112 Å². The van der Waals surface area contributed by atoms with Gasteiger partial charge in [0.15, 0.2) is 0 Å². The van der Waals surface area contributed by atoms with Gasteiger partial charge < -0.3 is 14.6 Å². The van der Waals surface area contributed by atoms with Gasteiger partial charge in [-0.25, -0.2) is 4.79 Å². The van der Waals surface area contributed by atoms with Crippen molar-refractivity contribution < 1.29 is 19.4 Å². The fourth-order valence-corrected chi connectivity index (χ4v) is 2.82. The van der Waals surface area contributed by atoms with Crippen LogP contribution in [-0.2, 0) is 6.54 Å². The molecule has 0 aliphatic heterocycles. The van der Waals surface area contributed by atoms with E-state index in [0.29, 0.717) is 30.7 Å². The summed E-state index contributed by atoms with van der Waals surface area (Å²) < 4.78 is 5.51. The van der Waals surface area contributed by atoms with E-state index < -0.39 is 5.97 Å². The van der Waals surface area contributed by atoms with Crippen LogP contribution in [0.4, 0.5) is 0 Å². The lowest BCUT2D eigenvalue weighted by atomic mass is 10.2. The van der Waals surface area contributed by atoms with Gasteiger partial charge in [0, 0.05) is 12.6 Å². The van der Waals surface area contributed by atoms with Crippen LogP contribution in [0.3, 0.4) is 0 Å². The van der Waals surface area contributed by atoms with Gasteiger partial charge in [0.2, 0.25) is 0 Å². The zero-order chi connectivity index (χ0) is 13.8. The second kappa shape index (κ2) is 6.21. The average molecular weight is 267 g/mol. The number of aliphatic hydroxyl groups excluding tert-OH is 1. The van der Waals surface area contributed by atoms with Gasteiger partial charge in [0.05, 0.1) is 13.2 Å². The summed E-state index contributed by atoms with van der Waals surface area (Å²) in [5.74, 6) is 0.148. The molecule has 0 spiro atoms. The highest BCUT2D eigenvalue weighted by molar-refractivity contribution is 5.88. The fraction of sp³-hybridized carbons (Fsp3) is 0.643. The number of furan rings is 1. The number of nitrogens with zero attached hydrogens (tertiary/aromatic N) is 1. The molecule has 0 radical (unpaired) electrons. The molecule has 1 aliphatic carbocycles. The SMILES string of the molecule is Cc1oc(CN(CCO)C2CCCC2)cc1C(=O)O. The largest absolute Gasteiger partial charge is 0.478 e. The third-order valence-corrected chi connectivity index (χ3v) is 3.79. The monoisotopic (exact) mass is 267 g/mol. The molecule has 1 aromatic rings. The number of hydrogen-bond acceptors (Lipinski definition) is 4. The Kier molecular flexibility index (Phi) is 4.61. The topological polar surface area (TPSA) is 73.9 Å². The van der Waals surface area contributed by atoms with Gasteiger partial charge in [-0.05, 0) is 25.8 Å². The molecule has 0 bridgehead atoms. The number of rotatable bonds is 6. The van der Waals surface area contributed by atoms with Crippen molar-refractivity contribution in [2.45, 2.75) is 45.2 Å². The van der Waals surface area contributed by atoms with E-state index in [1.165, 1.54) is 12.8 Å². The van der Waals surface area contributed by atoms with Crippen molar-refractivity contribution in [1.82, 2.24) is 4.90 Å². The highest BCUT2D eigenvalue weighted by atomic mass is 16.4. The Bertz CT molecular complexity index is 435. The molecular weight excluding hydrogens is 246 g/mol. The van der Waals surface area contributed by atoms with Crippen molar-refractivity contribution in [1.29, 1.82) is 0 Å². The van der Waals surface area contributed by atoms with Crippen LogP contribution in [-0.4, -0.2) is 40.3 Å². The summed E-state index contributed by atoms with van der Waals surface area (Å²) in [5, 5.41) is 18.2. The van der Waals surface area contributed by atoms with Crippen LogP contribution in [0.25, 0.3) is 0 Å². The molecule has 5 heteroatoms. The van der Waals surface area contributed by atoms with E-state index in [4.69, 9.17) is 14.6 Å². The highest BCUT2D eigenvalue weighted by Gasteiger charge is 2.24. The van der Waals surface area contributed by atoms with Crippen molar-refractivity contribution in [3.8, 4) is 0 Å². The molecule has 0 amide bonds. The van der Waals surface area contributed by atoms with Crippen LogP contribution in [0.1, 0.15) is 47.6 Å². The molecule has 0 aromatic carbocycles. The lowest BCUT2D eigenvalue weighted by molar-refractivity contribution is 0.0695. The molecule has 19 heavy (non-hydrogen) atoms. The fourth-order valence-electron chi connectivity index (χ4n) is 2.82. The van der Waals surface area contributed by atoms with Gasteiger partial charge in [0.1, 0.15) is 17.1 Å². The number of aromatic carboxylic acids is 1. The molecular formula is C14H21NO4. The molecule has 2 rings (SSSR count). The minimum absolute atomic E-state index is 0.113. The molecule has 1 heterocycles. The second-order valence-electron chi connectivity index (χ2n) is 5.12. The summed E-state index contributed by atoms with van der Waals surface area (Å²) in [6.07, 6.45) is 4.74. The summed E-state index contributed by atoms with van der Waals surface area (Å²) >= 11 is 0. The molecule has 1 aromatic heterocycles. The quantitative estimate of drug-likeness (QED) is 0.825. The zero-order valence-electron chi connectivity index (χ0n) is 11.3. The number of aliphatic hydroxyl groups is 1. The highest BCUT2D eigenvalue weighted by Crippen LogP contribution is 2.25. The van der Waals surface area contributed by atoms with Crippen molar-refractivity contribution in [2.75, 3.05) is 13.2 Å². The van der Waals surface area contributed by atoms with E-state index in [1.54, 1.807) is 13.0 Å². The number of carbonyl (C=O) groups is 1. The van der Waals surface area contributed by atoms with Gasteiger partial charge in [-0.1, -0.05) is 12.8 Å². The van der Waals surface area contributed by atoms with Crippen LogP contribution < -0.4 is 0 Å². The first kappa shape index (κ1) is 14.1. The Morgan fingerprint density at radius 2 is 2.16 bits per heavy atom. The molecule has 0 saturated heterocycles. The maximum atomic E-state index is 11.0. The minimum Gasteiger partial charge on any atom is -0.478 e. The molecule has 1 fully saturated rings. The van der Waals surface area contributed by atoms with Gasteiger partial charge in [-0.3, -0.25) is 4.90 Å². The predicted octanol–water partition coefficient (Wildman–Crippen LogP) is 2.02. The lowest BCUT2D eigenvalue weighted by Crippen LogP contribution is -2.34. The van der Waals surface area contributed by atoms with E-state index in [-0.39, 0.29) is 12.2 Å². The summed E-state index contributed by atoms with van der Waals surface area (Å²) in [4.78, 5) is 13.2. The molecule has 1 aliphatic rings. The Balaban J connectivity index is 2.07. The van der Waals surface area contributed by atoms with Crippen LogP contribution in [0.2, 0.25) is 0 Å². The first-order valence-corrected chi connectivity index (χ1v) is 6.79. The summed E-state index contributed by atoms with van der Waals surface area (Å²) in [7, 11) is 0. The molecule has 5 nitrogen and oxygen atoms in total. The maximum Gasteiger partial charge on any atom is 0.339 e. The molecule has 0 unspecified atom stereocenters. The van der Waals surface area contributed by atoms with E-state index >= 15 is 0 Å². The van der Waals surface area contributed by atoms with E-state index in [2.05, 4.69) is 4.90 Å². The summed E-state index contributed by atoms with van der Waals surface area (Å²) in [6, 6.07) is 2.07. The van der Waals surface area contributed by atoms with Crippen LogP contribution in [0.5, 0.6) is 0 Å². The first-order valence-electron chi connectivity index (χ1n) is 6.79. The van der Waals surface area contributed by atoms with E-state index in [9.17, 15) is 4.79 Å². The van der Waals surface area contributed by atoms with Crippen LogP contribution in [0.15, 0.2) is 10.5 Å². The number of hydrogen-bond donors (Lipinski definition) is 2. The molecule has 1 saturated carbocycles. The number of carboxylic acid groups (broad SMARTS) is 1. The molecule has 0 atom stereocenters.